The van der Waals surface area contributed by atoms with Gasteiger partial charge in [-0.15, -0.1) is 0 Å². The third-order valence-corrected chi connectivity index (χ3v) is 5.28. The van der Waals surface area contributed by atoms with Gasteiger partial charge in [-0.25, -0.2) is 0 Å². The lowest BCUT2D eigenvalue weighted by Gasteiger charge is -2.30. The number of fused-ring (bicyclic) bond motifs is 1. The monoisotopic (exact) mass is 314 g/mol. The summed E-state index contributed by atoms with van der Waals surface area (Å²) in [7, 11) is 0. The molecule has 0 spiro atoms. The van der Waals surface area contributed by atoms with Crippen LogP contribution in [-0.2, 0) is 22.6 Å². The second-order valence-electron chi connectivity index (χ2n) is 6.91. The van der Waals surface area contributed by atoms with Crippen molar-refractivity contribution in [2.24, 2.45) is 0 Å². The molecular formula is C19H26N2O2. The molecule has 0 radical (unpaired) electrons. The Kier molecular flexibility index (Phi) is 4.69. The highest BCUT2D eigenvalue weighted by Gasteiger charge is 2.31. The first-order chi connectivity index (χ1) is 11.1. The Morgan fingerprint density at radius 3 is 2.30 bits per heavy atom. The number of likely N-dealkylation sites (tertiary alicyclic amines) is 1. The molecule has 1 aromatic carbocycles. The van der Waals surface area contributed by atoms with E-state index in [9.17, 15) is 9.59 Å². The molecule has 4 heteroatoms. The van der Waals surface area contributed by atoms with E-state index < -0.39 is 0 Å². The van der Waals surface area contributed by atoms with Gasteiger partial charge in [-0.1, -0.05) is 24.3 Å². The molecule has 124 valence electrons. The van der Waals surface area contributed by atoms with Gasteiger partial charge in [0, 0.05) is 38.0 Å². The van der Waals surface area contributed by atoms with Gasteiger partial charge in [0.1, 0.15) is 0 Å². The van der Waals surface area contributed by atoms with Crippen molar-refractivity contribution in [3.05, 3.63) is 35.4 Å². The zero-order valence-corrected chi connectivity index (χ0v) is 14.1. The van der Waals surface area contributed by atoms with Crippen molar-refractivity contribution in [3.63, 3.8) is 0 Å². The molecule has 1 saturated heterocycles. The van der Waals surface area contributed by atoms with E-state index in [1.54, 1.807) is 0 Å². The molecule has 1 fully saturated rings. The van der Waals surface area contributed by atoms with Gasteiger partial charge in [0.15, 0.2) is 0 Å². The highest BCUT2D eigenvalue weighted by molar-refractivity contribution is 5.84. The summed E-state index contributed by atoms with van der Waals surface area (Å²) in [5.74, 6) is 0.237. The highest BCUT2D eigenvalue weighted by atomic mass is 16.2. The minimum absolute atomic E-state index is 0.104. The van der Waals surface area contributed by atoms with Gasteiger partial charge in [0.05, 0.1) is 0 Å². The molecule has 0 saturated carbocycles. The van der Waals surface area contributed by atoms with Crippen molar-refractivity contribution < 1.29 is 9.59 Å². The Bertz CT molecular complexity index is 589. The van der Waals surface area contributed by atoms with Crippen LogP contribution in [0.2, 0.25) is 0 Å². The van der Waals surface area contributed by atoms with E-state index in [4.69, 9.17) is 0 Å². The molecule has 0 aliphatic carbocycles. The summed E-state index contributed by atoms with van der Waals surface area (Å²) in [4.78, 5) is 28.7. The van der Waals surface area contributed by atoms with Crippen LogP contribution in [-0.4, -0.2) is 40.2 Å². The zero-order valence-electron chi connectivity index (χ0n) is 14.1. The van der Waals surface area contributed by atoms with E-state index in [0.29, 0.717) is 31.5 Å². The van der Waals surface area contributed by atoms with Crippen LogP contribution < -0.4 is 0 Å². The molecule has 2 atom stereocenters. The summed E-state index contributed by atoms with van der Waals surface area (Å²) in [6.45, 7) is 5.65. The third-order valence-electron chi connectivity index (χ3n) is 5.28. The molecule has 2 amide bonds. The minimum atomic E-state index is 0.104. The Morgan fingerprint density at radius 2 is 1.61 bits per heavy atom. The lowest BCUT2D eigenvalue weighted by atomic mass is 9.99. The van der Waals surface area contributed by atoms with Gasteiger partial charge in [0.2, 0.25) is 11.8 Å². The van der Waals surface area contributed by atoms with Crippen molar-refractivity contribution in [1.82, 2.24) is 9.80 Å². The lowest BCUT2D eigenvalue weighted by Crippen LogP contribution is -2.40. The van der Waals surface area contributed by atoms with Gasteiger partial charge in [-0.05, 0) is 44.2 Å². The van der Waals surface area contributed by atoms with E-state index in [-0.39, 0.29) is 11.8 Å². The topological polar surface area (TPSA) is 40.6 Å². The third kappa shape index (κ3) is 3.41. The summed E-state index contributed by atoms with van der Waals surface area (Å²) in [6, 6.07) is 8.92. The fourth-order valence-electron chi connectivity index (χ4n) is 3.90. The van der Waals surface area contributed by atoms with E-state index >= 15 is 0 Å². The van der Waals surface area contributed by atoms with Gasteiger partial charge < -0.3 is 9.80 Å². The number of rotatable bonds is 3. The van der Waals surface area contributed by atoms with Crippen molar-refractivity contribution in [1.29, 1.82) is 0 Å². The number of hydrogen-bond donors (Lipinski definition) is 0. The Labute approximate surface area is 138 Å². The molecule has 1 aromatic rings. The Balaban J connectivity index is 1.53. The predicted molar refractivity (Wildman–Crippen MR) is 89.8 cm³/mol. The number of amides is 2. The number of carbonyl (C=O) groups is 2. The summed E-state index contributed by atoms with van der Waals surface area (Å²) in [6.07, 6.45) is 3.73. The number of nitrogens with zero attached hydrogens (tertiary/aromatic N) is 2. The van der Waals surface area contributed by atoms with Crippen LogP contribution in [0.3, 0.4) is 0 Å². The average Bonchev–Trinajstić information content (AvgIpc) is 2.90. The maximum absolute atomic E-state index is 12.4. The molecule has 2 unspecified atom stereocenters. The van der Waals surface area contributed by atoms with Crippen molar-refractivity contribution in [2.45, 2.75) is 64.6 Å². The van der Waals surface area contributed by atoms with E-state index in [0.717, 1.165) is 25.8 Å². The fraction of sp³-hybridized carbons (Fsp3) is 0.579. The zero-order chi connectivity index (χ0) is 16.4. The molecule has 23 heavy (non-hydrogen) atoms. The second kappa shape index (κ2) is 6.73. The van der Waals surface area contributed by atoms with Crippen molar-refractivity contribution in [2.75, 3.05) is 6.54 Å². The smallest absolute Gasteiger partial charge is 0.223 e. The molecule has 2 aliphatic rings. The molecule has 0 bridgehead atoms. The van der Waals surface area contributed by atoms with Gasteiger partial charge in [-0.3, -0.25) is 9.59 Å². The second-order valence-corrected chi connectivity index (χ2v) is 6.91. The number of carbonyl (C=O) groups excluding carboxylic acids is 2. The van der Waals surface area contributed by atoms with Crippen molar-refractivity contribution >= 4 is 11.8 Å². The Hall–Kier alpha value is -1.84. The molecule has 4 nitrogen and oxygen atoms in total. The van der Waals surface area contributed by atoms with Crippen molar-refractivity contribution in [3.8, 4) is 0 Å². The first-order valence-electron chi connectivity index (χ1n) is 8.72. The molecule has 2 heterocycles. The highest BCUT2D eigenvalue weighted by Crippen LogP contribution is 2.25. The van der Waals surface area contributed by atoms with Crippen LogP contribution >= 0.6 is 0 Å². The SMILES string of the molecule is CC1CCC(C)N1C(=O)CCC(=O)N1CCc2ccccc2C1. The van der Waals surface area contributed by atoms with E-state index in [1.807, 2.05) is 21.9 Å². The van der Waals surface area contributed by atoms with Crippen LogP contribution in [0.4, 0.5) is 0 Å². The molecule has 0 aromatic heterocycles. The van der Waals surface area contributed by atoms with Crippen LogP contribution in [0, 0.1) is 0 Å². The summed E-state index contributed by atoms with van der Waals surface area (Å²) in [5.41, 5.74) is 2.58. The summed E-state index contributed by atoms with van der Waals surface area (Å²) in [5, 5.41) is 0. The van der Waals surface area contributed by atoms with E-state index in [1.165, 1.54) is 11.1 Å². The molecule has 0 N–H and O–H groups in total. The van der Waals surface area contributed by atoms with Crippen LogP contribution in [0.25, 0.3) is 0 Å². The first-order valence-corrected chi connectivity index (χ1v) is 8.72. The van der Waals surface area contributed by atoms with Gasteiger partial charge >= 0.3 is 0 Å². The lowest BCUT2D eigenvalue weighted by molar-refractivity contribution is -0.138. The molecular weight excluding hydrogens is 288 g/mol. The standard InChI is InChI=1S/C19H26N2O2/c1-14-7-8-15(2)21(14)19(23)10-9-18(22)20-12-11-16-5-3-4-6-17(16)13-20/h3-6,14-15H,7-13H2,1-2H3. The maximum Gasteiger partial charge on any atom is 0.223 e. The quantitative estimate of drug-likeness (QED) is 0.861. The Morgan fingerprint density at radius 1 is 1.00 bits per heavy atom. The van der Waals surface area contributed by atoms with Gasteiger partial charge in [-0.2, -0.15) is 0 Å². The normalized spacial score (nSPS) is 23.7. The summed E-state index contributed by atoms with van der Waals surface area (Å²) < 4.78 is 0. The number of hydrogen-bond acceptors (Lipinski definition) is 2. The first kappa shape index (κ1) is 16.0. The van der Waals surface area contributed by atoms with Crippen LogP contribution in [0.1, 0.15) is 50.7 Å². The molecule has 2 aliphatic heterocycles. The fourth-order valence-corrected chi connectivity index (χ4v) is 3.90. The minimum Gasteiger partial charge on any atom is -0.338 e. The summed E-state index contributed by atoms with van der Waals surface area (Å²) >= 11 is 0. The van der Waals surface area contributed by atoms with E-state index in [2.05, 4.69) is 26.0 Å². The average molecular weight is 314 g/mol. The number of benzene rings is 1. The van der Waals surface area contributed by atoms with Crippen LogP contribution in [0.5, 0.6) is 0 Å². The van der Waals surface area contributed by atoms with Gasteiger partial charge in [0.25, 0.3) is 0 Å². The van der Waals surface area contributed by atoms with Crippen LogP contribution in [0.15, 0.2) is 24.3 Å². The predicted octanol–water partition coefficient (Wildman–Crippen LogP) is 2.75. The molecule has 3 rings (SSSR count). The largest absolute Gasteiger partial charge is 0.338 e. The maximum atomic E-state index is 12.4.